The summed E-state index contributed by atoms with van der Waals surface area (Å²) < 4.78 is 14.1. The normalized spacial score (nSPS) is 15.1. The molecule has 1 saturated heterocycles. The molecule has 5 rings (SSSR count). The molecule has 1 aliphatic rings. The molecule has 160 valence electrons. The quantitative estimate of drug-likeness (QED) is 0.468. The van der Waals surface area contributed by atoms with Gasteiger partial charge in [-0.3, -0.25) is 9.69 Å². The summed E-state index contributed by atoms with van der Waals surface area (Å²) in [5.74, 6) is 0. The van der Waals surface area contributed by atoms with Crippen LogP contribution >= 0.6 is 0 Å². The molecule has 0 N–H and O–H groups in total. The zero-order valence-electron chi connectivity index (χ0n) is 17.4. The van der Waals surface area contributed by atoms with E-state index < -0.39 is 0 Å². The maximum Gasteiger partial charge on any atom is 0.280 e. The van der Waals surface area contributed by atoms with E-state index in [0.29, 0.717) is 29.8 Å². The number of benzene rings is 1. The van der Waals surface area contributed by atoms with E-state index in [9.17, 15) is 4.79 Å². The molecule has 0 bridgehead atoms. The van der Waals surface area contributed by atoms with Crippen LogP contribution < -0.4 is 5.56 Å². The summed E-state index contributed by atoms with van der Waals surface area (Å²) in [4.78, 5) is 15.4. The number of aromatic nitrogens is 5. The van der Waals surface area contributed by atoms with Gasteiger partial charge in [0, 0.05) is 39.5 Å². The number of hydrogen-bond donors (Lipinski definition) is 0. The molecule has 0 amide bonds. The van der Waals surface area contributed by atoms with Crippen molar-refractivity contribution < 1.29 is 9.47 Å². The number of hydrogen-bond acceptors (Lipinski definition) is 7. The molecule has 1 fully saturated rings. The fourth-order valence-corrected chi connectivity index (χ4v) is 4.02. The van der Waals surface area contributed by atoms with Crippen LogP contribution in [-0.4, -0.2) is 69.2 Å². The van der Waals surface area contributed by atoms with Crippen LogP contribution in [0.3, 0.4) is 0 Å². The maximum absolute atomic E-state index is 13.1. The molecule has 4 heterocycles. The molecule has 0 atom stereocenters. The Labute approximate surface area is 178 Å². The van der Waals surface area contributed by atoms with Crippen molar-refractivity contribution in [2.75, 3.05) is 40.0 Å². The number of ether oxygens (including phenoxy) is 2. The van der Waals surface area contributed by atoms with E-state index in [-0.39, 0.29) is 5.56 Å². The zero-order chi connectivity index (χ0) is 21.2. The third-order valence-electron chi connectivity index (χ3n) is 5.63. The fraction of sp³-hybridized carbons (Fsp3) is 0.364. The molecule has 0 spiro atoms. The standard InChI is InChI=1S/C22H24N6O3/c1-30-15-17-19(16-5-3-2-4-6-16)21-24-23-20-18(28(21)25-17)7-8-27(22(20)29)10-9-26-11-13-31-14-12-26/h2-8H,9-15H2,1H3. The summed E-state index contributed by atoms with van der Waals surface area (Å²) in [6, 6.07) is 11.8. The van der Waals surface area contributed by atoms with Crippen LogP contribution in [0.15, 0.2) is 47.4 Å². The largest absolute Gasteiger partial charge is 0.379 e. The molecular weight excluding hydrogens is 396 g/mol. The van der Waals surface area contributed by atoms with Crippen LogP contribution in [0.4, 0.5) is 0 Å². The van der Waals surface area contributed by atoms with Gasteiger partial charge in [0.25, 0.3) is 5.56 Å². The number of methoxy groups -OCH3 is 1. The number of fused-ring (bicyclic) bond motifs is 3. The summed E-state index contributed by atoms with van der Waals surface area (Å²) in [5.41, 5.74) is 4.00. The van der Waals surface area contributed by atoms with Crippen molar-refractivity contribution in [3.05, 3.63) is 58.6 Å². The number of pyridine rings is 1. The van der Waals surface area contributed by atoms with Gasteiger partial charge in [-0.2, -0.15) is 5.10 Å². The average Bonchev–Trinajstić information content (AvgIpc) is 3.18. The van der Waals surface area contributed by atoms with Gasteiger partial charge in [-0.25, -0.2) is 4.52 Å². The van der Waals surface area contributed by atoms with E-state index in [0.717, 1.165) is 49.7 Å². The lowest BCUT2D eigenvalue weighted by Crippen LogP contribution is -2.39. The van der Waals surface area contributed by atoms with Gasteiger partial charge in [0.2, 0.25) is 0 Å². The second-order valence-corrected chi connectivity index (χ2v) is 7.56. The Morgan fingerprint density at radius 3 is 2.65 bits per heavy atom. The summed E-state index contributed by atoms with van der Waals surface area (Å²) in [5, 5.41) is 13.4. The number of morpholine rings is 1. The van der Waals surface area contributed by atoms with Crippen LogP contribution in [0.2, 0.25) is 0 Å². The molecule has 0 unspecified atom stereocenters. The number of nitrogens with zero attached hydrogens (tertiary/aromatic N) is 6. The Morgan fingerprint density at radius 1 is 1.06 bits per heavy atom. The highest BCUT2D eigenvalue weighted by molar-refractivity contribution is 5.84. The van der Waals surface area contributed by atoms with Crippen molar-refractivity contribution >= 4 is 16.7 Å². The van der Waals surface area contributed by atoms with Gasteiger partial charge >= 0.3 is 0 Å². The van der Waals surface area contributed by atoms with Crippen molar-refractivity contribution in [2.24, 2.45) is 0 Å². The summed E-state index contributed by atoms with van der Waals surface area (Å²) in [7, 11) is 1.63. The van der Waals surface area contributed by atoms with Gasteiger partial charge in [0.05, 0.1) is 31.1 Å². The van der Waals surface area contributed by atoms with Crippen LogP contribution in [-0.2, 0) is 22.6 Å². The van der Waals surface area contributed by atoms with Crippen LogP contribution in [0, 0.1) is 0 Å². The van der Waals surface area contributed by atoms with E-state index in [1.807, 2.05) is 42.6 Å². The molecule has 1 aliphatic heterocycles. The van der Waals surface area contributed by atoms with Gasteiger partial charge in [-0.1, -0.05) is 30.3 Å². The minimum absolute atomic E-state index is 0.162. The lowest BCUT2D eigenvalue weighted by atomic mass is 10.1. The SMILES string of the molecule is COCc1nn2c(nnc3c(=O)n(CCN4CCOCC4)ccc32)c1-c1ccccc1. The molecule has 9 heteroatoms. The first-order valence-corrected chi connectivity index (χ1v) is 10.4. The Balaban J connectivity index is 1.57. The van der Waals surface area contributed by atoms with E-state index in [2.05, 4.69) is 15.1 Å². The molecule has 3 aromatic heterocycles. The highest BCUT2D eigenvalue weighted by atomic mass is 16.5. The van der Waals surface area contributed by atoms with Crippen molar-refractivity contribution in [1.82, 2.24) is 29.3 Å². The average molecular weight is 420 g/mol. The molecule has 9 nitrogen and oxygen atoms in total. The first-order valence-electron chi connectivity index (χ1n) is 10.4. The smallest absolute Gasteiger partial charge is 0.280 e. The maximum atomic E-state index is 13.1. The lowest BCUT2D eigenvalue weighted by Gasteiger charge is -2.26. The van der Waals surface area contributed by atoms with E-state index in [4.69, 9.17) is 14.6 Å². The van der Waals surface area contributed by atoms with Gasteiger partial charge < -0.3 is 14.0 Å². The topological polar surface area (TPSA) is 86.8 Å². The zero-order valence-corrected chi connectivity index (χ0v) is 17.4. The fourth-order valence-electron chi connectivity index (χ4n) is 4.02. The molecular formula is C22H24N6O3. The van der Waals surface area contributed by atoms with Crippen molar-refractivity contribution in [1.29, 1.82) is 0 Å². The summed E-state index contributed by atoms with van der Waals surface area (Å²) in [6.45, 7) is 4.98. The summed E-state index contributed by atoms with van der Waals surface area (Å²) in [6.07, 6.45) is 1.81. The van der Waals surface area contributed by atoms with Crippen LogP contribution in [0.1, 0.15) is 5.69 Å². The Hall–Kier alpha value is -3.14. The monoisotopic (exact) mass is 420 g/mol. The van der Waals surface area contributed by atoms with Crippen molar-refractivity contribution in [3.8, 4) is 11.1 Å². The van der Waals surface area contributed by atoms with Crippen LogP contribution in [0.5, 0.6) is 0 Å². The Morgan fingerprint density at radius 2 is 1.87 bits per heavy atom. The minimum atomic E-state index is -0.162. The molecule has 0 saturated carbocycles. The molecule has 1 aromatic carbocycles. The van der Waals surface area contributed by atoms with Gasteiger partial charge in [0.1, 0.15) is 5.52 Å². The van der Waals surface area contributed by atoms with Crippen molar-refractivity contribution in [3.63, 3.8) is 0 Å². The Kier molecular flexibility index (Phi) is 5.46. The van der Waals surface area contributed by atoms with E-state index in [1.54, 1.807) is 16.2 Å². The highest BCUT2D eigenvalue weighted by Gasteiger charge is 2.19. The van der Waals surface area contributed by atoms with E-state index in [1.165, 1.54) is 0 Å². The Bertz CT molecular complexity index is 1260. The molecule has 0 aliphatic carbocycles. The predicted molar refractivity (Wildman–Crippen MR) is 116 cm³/mol. The second-order valence-electron chi connectivity index (χ2n) is 7.56. The molecule has 31 heavy (non-hydrogen) atoms. The van der Waals surface area contributed by atoms with Gasteiger partial charge in [0.15, 0.2) is 11.2 Å². The van der Waals surface area contributed by atoms with Crippen molar-refractivity contribution in [2.45, 2.75) is 13.2 Å². The first-order chi connectivity index (χ1) is 15.3. The second kappa shape index (κ2) is 8.54. The summed E-state index contributed by atoms with van der Waals surface area (Å²) >= 11 is 0. The van der Waals surface area contributed by atoms with Gasteiger partial charge in [-0.05, 0) is 11.6 Å². The molecule has 4 aromatic rings. The number of rotatable bonds is 6. The third kappa shape index (κ3) is 3.71. The minimum Gasteiger partial charge on any atom is -0.379 e. The van der Waals surface area contributed by atoms with Gasteiger partial charge in [-0.15, -0.1) is 10.2 Å². The lowest BCUT2D eigenvalue weighted by molar-refractivity contribution is 0.0363. The first kappa shape index (κ1) is 19.8. The highest BCUT2D eigenvalue weighted by Crippen LogP contribution is 2.28. The predicted octanol–water partition coefficient (Wildman–Crippen LogP) is 1.58. The van der Waals surface area contributed by atoms with Crippen LogP contribution in [0.25, 0.3) is 27.8 Å². The third-order valence-corrected chi connectivity index (χ3v) is 5.63. The van der Waals surface area contributed by atoms with E-state index >= 15 is 0 Å². The molecule has 0 radical (unpaired) electrons.